The average molecular weight is 250 g/mol. The standard InChI is InChI=1S/C12H10O6/c1-6-2-4-7(5-3-6)8(13)12(17)9(14)10(15)18-11(12)16/h2-5,9,14,17H,1H3. The number of aliphatic hydroxyl groups is 2. The quantitative estimate of drug-likeness (QED) is 0.411. The van der Waals surface area contributed by atoms with E-state index in [9.17, 15) is 24.6 Å². The normalized spacial score (nSPS) is 27.2. The molecule has 1 aliphatic heterocycles. The van der Waals surface area contributed by atoms with Gasteiger partial charge < -0.3 is 14.9 Å². The van der Waals surface area contributed by atoms with Crippen LogP contribution in [0.1, 0.15) is 15.9 Å². The molecule has 1 aromatic rings. The maximum atomic E-state index is 12.0. The molecular weight excluding hydrogens is 240 g/mol. The number of carbonyl (C=O) groups excluding carboxylic acids is 3. The van der Waals surface area contributed by atoms with Gasteiger partial charge in [0.15, 0.2) is 6.10 Å². The van der Waals surface area contributed by atoms with Crippen molar-refractivity contribution in [2.24, 2.45) is 0 Å². The molecule has 1 aromatic carbocycles. The summed E-state index contributed by atoms with van der Waals surface area (Å²) in [5.41, 5.74) is -1.97. The molecule has 0 aromatic heterocycles. The van der Waals surface area contributed by atoms with E-state index >= 15 is 0 Å². The first-order valence-corrected chi connectivity index (χ1v) is 5.15. The monoisotopic (exact) mass is 250 g/mol. The lowest BCUT2D eigenvalue weighted by molar-refractivity contribution is -0.156. The van der Waals surface area contributed by atoms with Crippen molar-refractivity contribution in [1.29, 1.82) is 0 Å². The number of aryl methyl sites for hydroxylation is 1. The highest BCUT2D eigenvalue weighted by Gasteiger charge is 2.61. The van der Waals surface area contributed by atoms with Gasteiger partial charge in [-0.3, -0.25) is 4.79 Å². The number of Topliss-reactive ketones (excluding diaryl/α,β-unsaturated/α-hetero) is 1. The molecule has 1 aliphatic rings. The second-order valence-corrected chi connectivity index (χ2v) is 4.07. The first-order valence-electron chi connectivity index (χ1n) is 5.15. The number of cyclic esters (lactones) is 2. The lowest BCUT2D eigenvalue weighted by Crippen LogP contribution is -2.52. The maximum absolute atomic E-state index is 12.0. The lowest BCUT2D eigenvalue weighted by atomic mass is 9.89. The fourth-order valence-corrected chi connectivity index (χ4v) is 1.65. The number of hydrogen-bond donors (Lipinski definition) is 2. The molecule has 0 saturated carbocycles. The van der Waals surface area contributed by atoms with Crippen molar-refractivity contribution in [3.8, 4) is 0 Å². The lowest BCUT2D eigenvalue weighted by Gasteiger charge is -2.18. The number of ketones is 1. The molecule has 0 spiro atoms. The Labute approximate surface area is 102 Å². The molecule has 2 atom stereocenters. The van der Waals surface area contributed by atoms with Crippen LogP contribution in [0.25, 0.3) is 0 Å². The van der Waals surface area contributed by atoms with E-state index in [4.69, 9.17) is 0 Å². The van der Waals surface area contributed by atoms with Crippen molar-refractivity contribution in [3.63, 3.8) is 0 Å². The van der Waals surface area contributed by atoms with Gasteiger partial charge in [0, 0.05) is 5.56 Å². The van der Waals surface area contributed by atoms with Crippen molar-refractivity contribution in [2.45, 2.75) is 18.6 Å². The third-order valence-corrected chi connectivity index (χ3v) is 2.78. The van der Waals surface area contributed by atoms with E-state index in [-0.39, 0.29) is 5.56 Å². The molecule has 2 unspecified atom stereocenters. The van der Waals surface area contributed by atoms with Gasteiger partial charge in [0.05, 0.1) is 0 Å². The van der Waals surface area contributed by atoms with Crippen LogP contribution >= 0.6 is 0 Å². The van der Waals surface area contributed by atoms with E-state index in [1.165, 1.54) is 12.1 Å². The molecule has 0 bridgehead atoms. The van der Waals surface area contributed by atoms with Gasteiger partial charge in [0.1, 0.15) is 0 Å². The number of hydrogen-bond acceptors (Lipinski definition) is 6. The summed E-state index contributed by atoms with van der Waals surface area (Å²) in [5.74, 6) is -3.85. The van der Waals surface area contributed by atoms with Gasteiger partial charge in [0.2, 0.25) is 5.78 Å². The van der Waals surface area contributed by atoms with Gasteiger partial charge in [-0.15, -0.1) is 0 Å². The molecule has 1 saturated heterocycles. The van der Waals surface area contributed by atoms with Gasteiger partial charge in [0.25, 0.3) is 5.60 Å². The van der Waals surface area contributed by atoms with Crippen LogP contribution in [0.2, 0.25) is 0 Å². The van der Waals surface area contributed by atoms with Crippen molar-refractivity contribution in [3.05, 3.63) is 35.4 Å². The number of benzene rings is 1. The number of esters is 2. The first-order chi connectivity index (χ1) is 8.37. The summed E-state index contributed by atoms with van der Waals surface area (Å²) >= 11 is 0. The molecule has 2 N–H and O–H groups in total. The summed E-state index contributed by atoms with van der Waals surface area (Å²) in [6.45, 7) is 1.80. The van der Waals surface area contributed by atoms with E-state index < -0.39 is 29.4 Å². The van der Waals surface area contributed by atoms with Crippen LogP contribution in [-0.2, 0) is 14.3 Å². The van der Waals surface area contributed by atoms with Crippen LogP contribution in [0.3, 0.4) is 0 Å². The Morgan fingerprint density at radius 1 is 1.28 bits per heavy atom. The van der Waals surface area contributed by atoms with E-state index in [0.29, 0.717) is 0 Å². The Morgan fingerprint density at radius 3 is 2.28 bits per heavy atom. The highest BCUT2D eigenvalue weighted by molar-refractivity contribution is 6.22. The Bertz CT molecular complexity index is 532. The van der Waals surface area contributed by atoms with Crippen LogP contribution in [0, 0.1) is 6.92 Å². The number of rotatable bonds is 2. The van der Waals surface area contributed by atoms with Gasteiger partial charge in [-0.2, -0.15) is 0 Å². The summed E-state index contributed by atoms with van der Waals surface area (Å²) in [7, 11) is 0. The predicted octanol–water partition coefficient (Wildman–Crippen LogP) is -0.647. The largest absolute Gasteiger partial charge is 0.388 e. The zero-order valence-corrected chi connectivity index (χ0v) is 9.41. The third kappa shape index (κ3) is 1.62. The summed E-state index contributed by atoms with van der Waals surface area (Å²) < 4.78 is 4.06. The van der Waals surface area contributed by atoms with Crippen molar-refractivity contribution >= 4 is 17.7 Å². The molecule has 6 nitrogen and oxygen atoms in total. The minimum Gasteiger partial charge on any atom is -0.388 e. The number of aliphatic hydroxyl groups excluding tert-OH is 1. The highest BCUT2D eigenvalue weighted by atomic mass is 16.6. The molecule has 1 fully saturated rings. The second-order valence-electron chi connectivity index (χ2n) is 4.07. The molecule has 6 heteroatoms. The molecule has 2 rings (SSSR count). The van der Waals surface area contributed by atoms with Gasteiger partial charge in [-0.05, 0) is 6.92 Å². The van der Waals surface area contributed by atoms with E-state index in [2.05, 4.69) is 4.74 Å². The van der Waals surface area contributed by atoms with Gasteiger partial charge in [-0.25, -0.2) is 9.59 Å². The van der Waals surface area contributed by atoms with E-state index in [1.807, 2.05) is 0 Å². The molecule has 18 heavy (non-hydrogen) atoms. The minimum atomic E-state index is -2.85. The fourth-order valence-electron chi connectivity index (χ4n) is 1.65. The molecule has 0 aliphatic carbocycles. The topological polar surface area (TPSA) is 101 Å². The van der Waals surface area contributed by atoms with Crippen LogP contribution < -0.4 is 0 Å². The van der Waals surface area contributed by atoms with Gasteiger partial charge in [-0.1, -0.05) is 29.8 Å². The fraction of sp³-hybridized carbons (Fsp3) is 0.250. The second kappa shape index (κ2) is 4.01. The smallest absolute Gasteiger partial charge is 0.357 e. The summed E-state index contributed by atoms with van der Waals surface area (Å²) in [4.78, 5) is 34.3. The van der Waals surface area contributed by atoms with E-state index in [0.717, 1.165) is 5.56 Å². The number of ether oxygens (including phenoxy) is 1. The molecule has 0 amide bonds. The first kappa shape index (κ1) is 12.4. The molecule has 94 valence electrons. The Kier molecular flexibility index (Phi) is 2.76. The Balaban J connectivity index is 2.42. The predicted molar refractivity (Wildman–Crippen MR) is 57.6 cm³/mol. The summed E-state index contributed by atoms with van der Waals surface area (Å²) in [6.07, 6.45) is -2.20. The van der Waals surface area contributed by atoms with Crippen molar-refractivity contribution < 1.29 is 29.3 Å². The summed E-state index contributed by atoms with van der Waals surface area (Å²) in [5, 5.41) is 19.3. The van der Waals surface area contributed by atoms with Gasteiger partial charge >= 0.3 is 11.9 Å². The van der Waals surface area contributed by atoms with Crippen LogP contribution in [0.5, 0.6) is 0 Å². The van der Waals surface area contributed by atoms with Crippen LogP contribution in [0.15, 0.2) is 24.3 Å². The zero-order valence-electron chi connectivity index (χ0n) is 9.41. The Hall–Kier alpha value is -2.05. The maximum Gasteiger partial charge on any atom is 0.357 e. The zero-order chi connectivity index (χ0) is 13.5. The van der Waals surface area contributed by atoms with Crippen LogP contribution in [-0.4, -0.2) is 39.6 Å². The molecule has 1 heterocycles. The van der Waals surface area contributed by atoms with Crippen molar-refractivity contribution in [1.82, 2.24) is 0 Å². The van der Waals surface area contributed by atoms with E-state index in [1.54, 1.807) is 19.1 Å². The average Bonchev–Trinajstić information content (AvgIpc) is 2.54. The Morgan fingerprint density at radius 2 is 1.83 bits per heavy atom. The van der Waals surface area contributed by atoms with Crippen LogP contribution in [0.4, 0.5) is 0 Å². The molecule has 0 radical (unpaired) electrons. The molecular formula is C12H10O6. The minimum absolute atomic E-state index is 0.00815. The number of carbonyl (C=O) groups is 3. The third-order valence-electron chi connectivity index (χ3n) is 2.78. The van der Waals surface area contributed by atoms with Crippen molar-refractivity contribution in [2.75, 3.05) is 0 Å². The SMILES string of the molecule is Cc1ccc(C(=O)C2(O)C(=O)OC(=O)C2O)cc1. The highest BCUT2D eigenvalue weighted by Crippen LogP contribution is 2.26. The summed E-state index contributed by atoms with van der Waals surface area (Å²) in [6, 6.07) is 5.98.